The molecule has 21 heavy (non-hydrogen) atoms. The third-order valence-electron chi connectivity index (χ3n) is 4.71. The van der Waals surface area contributed by atoms with Crippen LogP contribution in [0.15, 0.2) is 48.5 Å². The monoisotopic (exact) mass is 281 g/mol. The third-order valence-corrected chi connectivity index (χ3v) is 4.71. The largest absolute Gasteiger partial charge is 0.324 e. The lowest BCUT2D eigenvalue weighted by Crippen LogP contribution is -2.17. The highest BCUT2D eigenvalue weighted by Crippen LogP contribution is 2.28. The molecular weight excluding hydrogens is 254 g/mol. The number of hydrogen-bond acceptors (Lipinski definition) is 1. The summed E-state index contributed by atoms with van der Waals surface area (Å²) in [5.41, 5.74) is 11.9. The van der Waals surface area contributed by atoms with Crippen LogP contribution in [0, 0.1) is 6.92 Å². The molecule has 0 saturated heterocycles. The van der Waals surface area contributed by atoms with Gasteiger partial charge in [0.05, 0.1) is 0 Å². The van der Waals surface area contributed by atoms with Crippen molar-refractivity contribution in [2.75, 3.05) is 0 Å². The van der Waals surface area contributed by atoms with Crippen molar-refractivity contribution in [1.29, 1.82) is 0 Å². The van der Waals surface area contributed by atoms with E-state index in [2.05, 4.69) is 76.2 Å². The third kappa shape index (κ3) is 3.74. The second-order valence-electron chi connectivity index (χ2n) is 6.60. The first-order valence-electron chi connectivity index (χ1n) is 7.84. The molecule has 0 aliphatic heterocycles. The molecule has 2 rings (SSSR count). The maximum atomic E-state index is 6.39. The minimum Gasteiger partial charge on any atom is -0.324 e. The van der Waals surface area contributed by atoms with E-state index in [0.717, 1.165) is 12.8 Å². The molecule has 0 aromatic heterocycles. The van der Waals surface area contributed by atoms with Gasteiger partial charge in [-0.2, -0.15) is 0 Å². The van der Waals surface area contributed by atoms with Gasteiger partial charge >= 0.3 is 0 Å². The first-order chi connectivity index (χ1) is 9.94. The molecule has 0 saturated carbocycles. The van der Waals surface area contributed by atoms with Crippen LogP contribution in [-0.2, 0) is 11.8 Å². The van der Waals surface area contributed by atoms with Gasteiger partial charge in [-0.15, -0.1) is 0 Å². The van der Waals surface area contributed by atoms with E-state index in [0.29, 0.717) is 0 Å². The van der Waals surface area contributed by atoms with Crippen LogP contribution in [0.5, 0.6) is 0 Å². The van der Waals surface area contributed by atoms with Gasteiger partial charge in [0.2, 0.25) is 0 Å². The van der Waals surface area contributed by atoms with E-state index >= 15 is 0 Å². The zero-order valence-electron chi connectivity index (χ0n) is 13.7. The highest BCUT2D eigenvalue weighted by atomic mass is 14.6. The topological polar surface area (TPSA) is 26.0 Å². The average molecular weight is 281 g/mol. The van der Waals surface area contributed by atoms with Crippen LogP contribution in [0.25, 0.3) is 0 Å². The highest BCUT2D eigenvalue weighted by molar-refractivity contribution is 5.32. The number of benzene rings is 2. The van der Waals surface area contributed by atoms with Gasteiger partial charge in [0.15, 0.2) is 0 Å². The van der Waals surface area contributed by atoms with E-state index in [1.54, 1.807) is 0 Å². The molecule has 1 unspecified atom stereocenters. The van der Waals surface area contributed by atoms with Crippen LogP contribution < -0.4 is 5.73 Å². The fourth-order valence-electron chi connectivity index (χ4n) is 2.58. The highest BCUT2D eigenvalue weighted by Gasteiger charge is 2.18. The summed E-state index contributed by atoms with van der Waals surface area (Å²) in [6.07, 6.45) is 2.03. The fourth-order valence-corrected chi connectivity index (χ4v) is 2.58. The van der Waals surface area contributed by atoms with Crippen molar-refractivity contribution >= 4 is 0 Å². The summed E-state index contributed by atoms with van der Waals surface area (Å²) >= 11 is 0. The summed E-state index contributed by atoms with van der Waals surface area (Å²) in [6.45, 7) is 8.96. The molecule has 2 N–H and O–H groups in total. The van der Waals surface area contributed by atoms with Gasteiger partial charge in [0.25, 0.3) is 0 Å². The van der Waals surface area contributed by atoms with Crippen LogP contribution in [0.2, 0.25) is 0 Å². The van der Waals surface area contributed by atoms with Crippen molar-refractivity contribution < 1.29 is 0 Å². The Morgan fingerprint density at radius 3 is 2.19 bits per heavy atom. The van der Waals surface area contributed by atoms with Crippen molar-refractivity contribution in [3.8, 4) is 0 Å². The minimum atomic E-state index is 0.0601. The summed E-state index contributed by atoms with van der Waals surface area (Å²) in [5, 5.41) is 0. The van der Waals surface area contributed by atoms with Gasteiger partial charge in [-0.05, 0) is 47.4 Å². The summed E-state index contributed by atoms with van der Waals surface area (Å²) in [5.74, 6) is 0. The van der Waals surface area contributed by atoms with Crippen LogP contribution in [0.4, 0.5) is 0 Å². The molecule has 112 valence electrons. The van der Waals surface area contributed by atoms with E-state index in [9.17, 15) is 0 Å². The quantitative estimate of drug-likeness (QED) is 0.826. The van der Waals surface area contributed by atoms with Crippen LogP contribution in [0.3, 0.4) is 0 Å². The Balaban J connectivity index is 2.14. The molecule has 2 aromatic carbocycles. The SMILES string of the molecule is CCC(C)(C)c1ccc(C(N)Cc2ccccc2C)cc1. The zero-order valence-corrected chi connectivity index (χ0v) is 13.7. The Bertz CT molecular complexity index is 581. The van der Waals surface area contributed by atoms with E-state index < -0.39 is 0 Å². The van der Waals surface area contributed by atoms with Crippen LogP contribution in [-0.4, -0.2) is 0 Å². The standard InChI is InChI=1S/C20H27N/c1-5-20(3,4)18-12-10-16(11-13-18)19(21)14-17-9-7-6-8-15(17)2/h6-13,19H,5,14,21H2,1-4H3. The van der Waals surface area contributed by atoms with Crippen LogP contribution >= 0.6 is 0 Å². The molecule has 0 bridgehead atoms. The predicted octanol–water partition coefficient (Wildman–Crippen LogP) is 4.93. The van der Waals surface area contributed by atoms with Gasteiger partial charge in [-0.1, -0.05) is 69.3 Å². The Kier molecular flexibility index (Phi) is 4.84. The summed E-state index contributed by atoms with van der Waals surface area (Å²) in [4.78, 5) is 0. The van der Waals surface area contributed by atoms with Crippen molar-refractivity contribution in [3.63, 3.8) is 0 Å². The first kappa shape index (κ1) is 15.8. The van der Waals surface area contributed by atoms with E-state index in [-0.39, 0.29) is 11.5 Å². The molecule has 1 heteroatoms. The van der Waals surface area contributed by atoms with Crippen molar-refractivity contribution in [1.82, 2.24) is 0 Å². The molecule has 0 heterocycles. The van der Waals surface area contributed by atoms with Crippen molar-refractivity contribution in [2.45, 2.75) is 52.0 Å². The Morgan fingerprint density at radius 1 is 1.00 bits per heavy atom. The molecule has 0 aliphatic rings. The minimum absolute atomic E-state index is 0.0601. The lowest BCUT2D eigenvalue weighted by Gasteiger charge is -2.24. The number of nitrogens with two attached hydrogens (primary N) is 1. The van der Waals surface area contributed by atoms with Gasteiger partial charge in [0.1, 0.15) is 0 Å². The second kappa shape index (κ2) is 6.44. The Morgan fingerprint density at radius 2 is 1.62 bits per heavy atom. The van der Waals surface area contributed by atoms with Crippen LogP contribution in [0.1, 0.15) is 55.5 Å². The normalized spacial score (nSPS) is 13.2. The summed E-state index contributed by atoms with van der Waals surface area (Å²) in [6, 6.07) is 17.4. The first-order valence-corrected chi connectivity index (χ1v) is 7.84. The summed E-state index contributed by atoms with van der Waals surface area (Å²) in [7, 11) is 0. The molecule has 0 aliphatic carbocycles. The van der Waals surface area contributed by atoms with Crippen molar-refractivity contribution in [3.05, 3.63) is 70.8 Å². The smallest absolute Gasteiger partial charge is 0.0335 e. The lowest BCUT2D eigenvalue weighted by molar-refractivity contribution is 0.506. The molecule has 1 atom stereocenters. The van der Waals surface area contributed by atoms with Gasteiger partial charge in [-0.25, -0.2) is 0 Å². The molecular formula is C20H27N. The Labute approximate surface area is 129 Å². The average Bonchev–Trinajstić information content (AvgIpc) is 2.49. The zero-order chi connectivity index (χ0) is 15.5. The van der Waals surface area contributed by atoms with E-state index in [1.165, 1.54) is 22.3 Å². The van der Waals surface area contributed by atoms with Crippen molar-refractivity contribution in [2.24, 2.45) is 5.73 Å². The molecule has 0 fully saturated rings. The summed E-state index contributed by atoms with van der Waals surface area (Å²) < 4.78 is 0. The lowest BCUT2D eigenvalue weighted by atomic mass is 9.81. The van der Waals surface area contributed by atoms with E-state index in [4.69, 9.17) is 5.73 Å². The van der Waals surface area contributed by atoms with E-state index in [1.807, 2.05) is 0 Å². The van der Waals surface area contributed by atoms with Gasteiger partial charge in [0, 0.05) is 6.04 Å². The number of hydrogen-bond donors (Lipinski definition) is 1. The Hall–Kier alpha value is -1.60. The maximum absolute atomic E-state index is 6.39. The molecule has 2 aromatic rings. The maximum Gasteiger partial charge on any atom is 0.0335 e. The molecule has 0 radical (unpaired) electrons. The number of aryl methyl sites for hydroxylation is 1. The molecule has 0 spiro atoms. The predicted molar refractivity (Wildman–Crippen MR) is 91.6 cm³/mol. The second-order valence-corrected chi connectivity index (χ2v) is 6.60. The van der Waals surface area contributed by atoms with Gasteiger partial charge in [-0.3, -0.25) is 0 Å². The van der Waals surface area contributed by atoms with Gasteiger partial charge < -0.3 is 5.73 Å². The number of rotatable bonds is 5. The molecule has 0 amide bonds. The molecule has 1 nitrogen and oxygen atoms in total. The fraction of sp³-hybridized carbons (Fsp3) is 0.400.